The number of H-pyrrole nitrogens is 1. The molecular weight excluding hydrogens is 438 g/mol. The van der Waals surface area contributed by atoms with Crippen LogP contribution in [0.15, 0.2) is 39.4 Å². The first-order chi connectivity index (χ1) is 15.6. The molecule has 7 nitrogen and oxygen atoms in total. The van der Waals surface area contributed by atoms with Crippen molar-refractivity contribution in [2.45, 2.75) is 51.6 Å². The molecule has 176 valence electrons. The normalized spacial score (nSPS) is 19.1. The number of carbonyl (C=O) groups excluding carboxylic acids is 1. The van der Waals surface area contributed by atoms with Crippen LogP contribution in [0.3, 0.4) is 0 Å². The minimum Gasteiger partial charge on any atom is -0.493 e. The van der Waals surface area contributed by atoms with Crippen LogP contribution in [0.1, 0.15) is 57.6 Å². The van der Waals surface area contributed by atoms with E-state index in [0.29, 0.717) is 52.4 Å². The summed E-state index contributed by atoms with van der Waals surface area (Å²) < 4.78 is 11.2. The molecular formula is C25H31N3O4S. The van der Waals surface area contributed by atoms with Crippen LogP contribution >= 0.6 is 11.8 Å². The molecule has 2 aromatic rings. The van der Waals surface area contributed by atoms with E-state index in [4.69, 9.17) is 14.5 Å². The highest BCUT2D eigenvalue weighted by Gasteiger charge is 2.43. The molecule has 2 aliphatic rings. The topological polar surface area (TPSA) is 93.3 Å². The van der Waals surface area contributed by atoms with E-state index in [0.717, 1.165) is 17.0 Å². The van der Waals surface area contributed by atoms with Crippen molar-refractivity contribution in [3.63, 3.8) is 0 Å². The van der Waals surface area contributed by atoms with Gasteiger partial charge in [0, 0.05) is 29.0 Å². The highest BCUT2D eigenvalue weighted by molar-refractivity contribution is 7.99. The summed E-state index contributed by atoms with van der Waals surface area (Å²) >= 11 is 1.52. The number of para-hydroxylation sites is 1. The minimum atomic E-state index is -0.592. The smallest absolute Gasteiger partial charge is 0.257 e. The summed E-state index contributed by atoms with van der Waals surface area (Å²) in [6, 6.07) is 5.55. The van der Waals surface area contributed by atoms with Gasteiger partial charge in [0.25, 0.3) is 5.56 Å². The van der Waals surface area contributed by atoms with Gasteiger partial charge in [-0.2, -0.15) is 0 Å². The van der Waals surface area contributed by atoms with Crippen LogP contribution in [0, 0.1) is 11.3 Å². The fourth-order valence-corrected chi connectivity index (χ4v) is 5.47. The zero-order valence-electron chi connectivity index (χ0n) is 20.0. The lowest BCUT2D eigenvalue weighted by Crippen LogP contribution is -2.37. The Balaban J connectivity index is 1.95. The Hall–Kier alpha value is -2.74. The van der Waals surface area contributed by atoms with Crippen molar-refractivity contribution in [1.82, 2.24) is 9.97 Å². The number of ketones is 1. The molecule has 1 unspecified atom stereocenters. The van der Waals surface area contributed by atoms with Gasteiger partial charge in [0.2, 0.25) is 0 Å². The molecule has 4 rings (SSSR count). The number of aromatic amines is 1. The van der Waals surface area contributed by atoms with Crippen molar-refractivity contribution >= 4 is 23.4 Å². The van der Waals surface area contributed by atoms with Crippen LogP contribution in [0.2, 0.25) is 0 Å². The lowest BCUT2D eigenvalue weighted by molar-refractivity contribution is -0.118. The first kappa shape index (κ1) is 23.4. The Morgan fingerprint density at radius 1 is 1.18 bits per heavy atom. The average Bonchev–Trinajstić information content (AvgIpc) is 2.74. The highest BCUT2D eigenvalue weighted by atomic mass is 32.2. The third-order valence-corrected chi connectivity index (χ3v) is 7.30. The Kier molecular flexibility index (Phi) is 6.31. The van der Waals surface area contributed by atoms with E-state index in [1.165, 1.54) is 11.8 Å². The third kappa shape index (κ3) is 4.40. The number of anilines is 1. The van der Waals surface area contributed by atoms with Crippen molar-refractivity contribution in [3.05, 3.63) is 50.9 Å². The second-order valence-electron chi connectivity index (χ2n) is 9.81. The fourth-order valence-electron chi connectivity index (χ4n) is 4.66. The predicted octanol–water partition coefficient (Wildman–Crippen LogP) is 4.74. The van der Waals surface area contributed by atoms with Crippen LogP contribution < -0.4 is 20.3 Å². The van der Waals surface area contributed by atoms with Crippen LogP contribution in [0.4, 0.5) is 5.82 Å². The number of thioether (sulfide) groups is 1. The van der Waals surface area contributed by atoms with Gasteiger partial charge in [-0.15, -0.1) is 0 Å². The Morgan fingerprint density at radius 2 is 1.94 bits per heavy atom. The average molecular weight is 470 g/mol. The number of fused-ring (bicyclic) bond motifs is 1. The van der Waals surface area contributed by atoms with E-state index in [1.807, 2.05) is 12.1 Å². The summed E-state index contributed by atoms with van der Waals surface area (Å²) in [6.07, 6.45) is 1.11. The minimum absolute atomic E-state index is 0.0342. The van der Waals surface area contributed by atoms with Crippen molar-refractivity contribution in [1.29, 1.82) is 0 Å². The zero-order valence-corrected chi connectivity index (χ0v) is 20.8. The summed E-state index contributed by atoms with van der Waals surface area (Å²) in [7, 11) is 3.14. The highest BCUT2D eigenvalue weighted by Crippen LogP contribution is 2.50. The second kappa shape index (κ2) is 8.89. The maximum Gasteiger partial charge on any atom is 0.257 e. The molecule has 0 saturated carbocycles. The number of allylic oxidation sites excluding steroid dienone is 2. The number of nitrogens with zero attached hydrogens (tertiary/aromatic N) is 1. The van der Waals surface area contributed by atoms with Crippen LogP contribution in [-0.4, -0.2) is 35.7 Å². The standard InChI is InChI=1S/C25H31N3O4S/c1-13(2)12-33-24-27-22-20(23(30)28-24)18(14-8-7-9-17(31-5)21(14)32-6)19-15(26-22)10-25(3,4)11-16(19)29/h7-9,13,18H,10-12H2,1-6H3,(H2,26,27,28,30). The molecule has 0 saturated heterocycles. The van der Waals surface area contributed by atoms with E-state index in [-0.39, 0.29) is 16.8 Å². The van der Waals surface area contributed by atoms with Gasteiger partial charge in [0.15, 0.2) is 22.4 Å². The molecule has 0 spiro atoms. The lowest BCUT2D eigenvalue weighted by atomic mass is 9.69. The van der Waals surface area contributed by atoms with E-state index >= 15 is 0 Å². The number of aromatic nitrogens is 2. The van der Waals surface area contributed by atoms with Crippen molar-refractivity contribution in [2.24, 2.45) is 11.3 Å². The molecule has 1 aliphatic carbocycles. The van der Waals surface area contributed by atoms with Gasteiger partial charge in [-0.1, -0.05) is 51.6 Å². The first-order valence-electron chi connectivity index (χ1n) is 11.2. The Bertz CT molecular complexity index is 1180. The quantitative estimate of drug-likeness (QED) is 0.466. The number of rotatable bonds is 6. The monoisotopic (exact) mass is 469 g/mol. The van der Waals surface area contributed by atoms with Gasteiger partial charge >= 0.3 is 0 Å². The van der Waals surface area contributed by atoms with Crippen molar-refractivity contribution in [3.8, 4) is 11.5 Å². The molecule has 1 aliphatic heterocycles. The van der Waals surface area contributed by atoms with E-state index in [9.17, 15) is 9.59 Å². The lowest BCUT2D eigenvalue weighted by Gasteiger charge is -2.38. The van der Waals surface area contributed by atoms with Gasteiger partial charge in [0.05, 0.1) is 25.7 Å². The molecule has 2 N–H and O–H groups in total. The molecule has 1 aromatic carbocycles. The van der Waals surface area contributed by atoms with Gasteiger partial charge in [-0.05, 0) is 23.8 Å². The van der Waals surface area contributed by atoms with Gasteiger partial charge in [-0.3, -0.25) is 9.59 Å². The second-order valence-corrected chi connectivity index (χ2v) is 10.8. The molecule has 0 radical (unpaired) electrons. The van der Waals surface area contributed by atoms with Crippen LogP contribution in [0.5, 0.6) is 11.5 Å². The molecule has 1 aromatic heterocycles. The van der Waals surface area contributed by atoms with E-state index in [1.54, 1.807) is 20.3 Å². The molecule has 0 amide bonds. The summed E-state index contributed by atoms with van der Waals surface area (Å²) in [6.45, 7) is 8.42. The van der Waals surface area contributed by atoms with E-state index in [2.05, 4.69) is 38.0 Å². The number of Topliss-reactive ketones (excluding diaryl/α,β-unsaturated/α-hetero) is 1. The van der Waals surface area contributed by atoms with Gasteiger partial charge in [0.1, 0.15) is 5.82 Å². The number of methoxy groups -OCH3 is 2. The Labute approximate surface area is 198 Å². The number of carbonyl (C=O) groups is 1. The summed E-state index contributed by atoms with van der Waals surface area (Å²) in [5.74, 6) is 2.31. The molecule has 33 heavy (non-hydrogen) atoms. The largest absolute Gasteiger partial charge is 0.493 e. The molecule has 2 heterocycles. The van der Waals surface area contributed by atoms with Gasteiger partial charge < -0.3 is 19.8 Å². The summed E-state index contributed by atoms with van der Waals surface area (Å²) in [5, 5.41) is 3.93. The maximum absolute atomic E-state index is 13.4. The van der Waals surface area contributed by atoms with Crippen molar-refractivity contribution < 1.29 is 14.3 Å². The number of ether oxygens (including phenoxy) is 2. The fraction of sp³-hybridized carbons (Fsp3) is 0.480. The number of hydrogen-bond donors (Lipinski definition) is 2. The molecule has 0 fully saturated rings. The van der Waals surface area contributed by atoms with Crippen LogP contribution in [0.25, 0.3) is 0 Å². The van der Waals surface area contributed by atoms with Crippen LogP contribution in [-0.2, 0) is 4.79 Å². The third-order valence-electron chi connectivity index (χ3n) is 6.00. The SMILES string of the molecule is COc1cccc(C2C3=C(CC(C)(C)CC3=O)Nc3nc(SCC(C)C)[nH]c(=O)c32)c1OC. The van der Waals surface area contributed by atoms with E-state index < -0.39 is 5.92 Å². The molecule has 8 heteroatoms. The number of nitrogens with one attached hydrogen (secondary N) is 2. The van der Waals surface area contributed by atoms with Crippen molar-refractivity contribution in [2.75, 3.05) is 25.3 Å². The molecule has 1 atom stereocenters. The predicted molar refractivity (Wildman–Crippen MR) is 130 cm³/mol. The summed E-state index contributed by atoms with van der Waals surface area (Å²) in [5.41, 5.74) is 2.16. The number of benzene rings is 1. The first-order valence-corrected chi connectivity index (χ1v) is 12.1. The Morgan fingerprint density at radius 3 is 2.61 bits per heavy atom. The zero-order chi connectivity index (χ0) is 23.9. The van der Waals surface area contributed by atoms with Gasteiger partial charge in [-0.25, -0.2) is 4.98 Å². The maximum atomic E-state index is 13.4. The number of hydrogen-bond acceptors (Lipinski definition) is 7. The summed E-state index contributed by atoms with van der Waals surface area (Å²) in [4.78, 5) is 34.6. The molecule has 0 bridgehead atoms.